The summed E-state index contributed by atoms with van der Waals surface area (Å²) in [5.74, 6) is 0. The van der Waals surface area contributed by atoms with E-state index in [1.54, 1.807) is 11.1 Å². The summed E-state index contributed by atoms with van der Waals surface area (Å²) in [7, 11) is 0. The zero-order valence-corrected chi connectivity index (χ0v) is 10.9. The van der Waals surface area contributed by atoms with E-state index in [4.69, 9.17) is 0 Å². The number of benzene rings is 1. The van der Waals surface area contributed by atoms with Crippen molar-refractivity contribution >= 4 is 0 Å². The molecule has 0 aliphatic heterocycles. The van der Waals surface area contributed by atoms with Gasteiger partial charge in [-0.2, -0.15) is 0 Å². The minimum atomic E-state index is 0.416. The van der Waals surface area contributed by atoms with Crippen LogP contribution in [0.4, 0.5) is 0 Å². The van der Waals surface area contributed by atoms with E-state index in [1.807, 2.05) is 6.07 Å². The van der Waals surface area contributed by atoms with Gasteiger partial charge in [0.1, 0.15) is 0 Å². The molecule has 0 amide bonds. The van der Waals surface area contributed by atoms with Crippen LogP contribution in [0.25, 0.3) is 0 Å². The van der Waals surface area contributed by atoms with Crippen molar-refractivity contribution in [2.45, 2.75) is 32.6 Å². The maximum atomic E-state index is 3.07. The van der Waals surface area contributed by atoms with Gasteiger partial charge >= 0.3 is 0 Å². The standard InChI is InChI=1S/C18H18/c1-2-18(12-15-8-4-3-5-9-15)13-16-10-6-7-11-17(16)14-18/h4,6-11H,2,12-14H2,1H3. The van der Waals surface area contributed by atoms with Crippen LogP contribution in [0.3, 0.4) is 0 Å². The number of hydrogen-bond donors (Lipinski definition) is 0. The number of hydrogen-bond acceptors (Lipinski definition) is 0. The molecule has 0 bridgehead atoms. The highest BCUT2D eigenvalue weighted by Crippen LogP contribution is 2.41. The second-order valence-electron chi connectivity index (χ2n) is 5.49. The topological polar surface area (TPSA) is 0 Å². The van der Waals surface area contributed by atoms with E-state index in [-0.39, 0.29) is 0 Å². The molecule has 0 nitrogen and oxygen atoms in total. The van der Waals surface area contributed by atoms with Gasteiger partial charge in [0.05, 0.1) is 0 Å². The average molecular weight is 234 g/mol. The normalized spacial score (nSPS) is 16.1. The Morgan fingerprint density at radius 3 is 2.33 bits per heavy atom. The lowest BCUT2D eigenvalue weighted by atomic mass is 9.77. The Labute approximate surface area is 110 Å². The molecule has 3 rings (SSSR count). The van der Waals surface area contributed by atoms with Crippen LogP contribution >= 0.6 is 0 Å². The minimum Gasteiger partial charge on any atom is -0.0702 e. The predicted octanol–water partition coefficient (Wildman–Crippen LogP) is 4.02. The first-order chi connectivity index (χ1) is 8.81. The fourth-order valence-corrected chi connectivity index (χ4v) is 3.20. The molecule has 0 heterocycles. The van der Waals surface area contributed by atoms with Crippen molar-refractivity contribution in [3.8, 4) is 0 Å². The Morgan fingerprint density at radius 2 is 1.78 bits per heavy atom. The molecule has 18 heavy (non-hydrogen) atoms. The third-order valence-corrected chi connectivity index (χ3v) is 4.30. The van der Waals surface area contributed by atoms with Crippen molar-refractivity contribution in [3.05, 3.63) is 71.3 Å². The van der Waals surface area contributed by atoms with E-state index in [0.29, 0.717) is 5.41 Å². The zero-order chi connectivity index (χ0) is 12.4. The lowest BCUT2D eigenvalue weighted by Gasteiger charge is -2.27. The van der Waals surface area contributed by atoms with Crippen molar-refractivity contribution in [3.63, 3.8) is 0 Å². The van der Waals surface area contributed by atoms with Crippen molar-refractivity contribution < 1.29 is 0 Å². The maximum Gasteiger partial charge on any atom is -0.00828 e. The van der Waals surface area contributed by atoms with Crippen molar-refractivity contribution in [2.75, 3.05) is 0 Å². The Kier molecular flexibility index (Phi) is 2.84. The highest BCUT2D eigenvalue weighted by molar-refractivity contribution is 5.35. The minimum absolute atomic E-state index is 0.416. The van der Waals surface area contributed by atoms with Gasteiger partial charge in [-0.15, -0.1) is 0 Å². The predicted molar refractivity (Wildman–Crippen MR) is 74.4 cm³/mol. The van der Waals surface area contributed by atoms with Crippen LogP contribution in [0, 0.1) is 17.5 Å². The molecule has 90 valence electrons. The molecule has 0 atom stereocenters. The van der Waals surface area contributed by atoms with Crippen LogP contribution in [0.5, 0.6) is 0 Å². The van der Waals surface area contributed by atoms with E-state index in [0.717, 1.165) is 6.42 Å². The summed E-state index contributed by atoms with van der Waals surface area (Å²) in [5, 5.41) is 0. The van der Waals surface area contributed by atoms with Crippen LogP contribution in [0.2, 0.25) is 0 Å². The summed E-state index contributed by atoms with van der Waals surface area (Å²) >= 11 is 0. The van der Waals surface area contributed by atoms with Crippen molar-refractivity contribution in [1.82, 2.24) is 0 Å². The molecular formula is C18H18. The maximum absolute atomic E-state index is 3.07. The third kappa shape index (κ3) is 2.02. The highest BCUT2D eigenvalue weighted by Gasteiger charge is 2.35. The summed E-state index contributed by atoms with van der Waals surface area (Å²) in [4.78, 5) is 0. The van der Waals surface area contributed by atoms with Crippen molar-refractivity contribution in [1.29, 1.82) is 0 Å². The quantitative estimate of drug-likeness (QED) is 0.752. The molecule has 0 heteroatoms. The average Bonchev–Trinajstić information content (AvgIpc) is 2.78. The largest absolute Gasteiger partial charge is 0.0702 e. The molecule has 0 unspecified atom stereocenters. The summed E-state index contributed by atoms with van der Waals surface area (Å²) in [6, 6.07) is 21.2. The van der Waals surface area contributed by atoms with Gasteiger partial charge in [0, 0.05) is 0 Å². The SMILES string of the molecule is CCC1(Cc2cc#ccc2)Cc2ccccc2C1. The van der Waals surface area contributed by atoms with Gasteiger partial charge < -0.3 is 0 Å². The molecular weight excluding hydrogens is 216 g/mol. The van der Waals surface area contributed by atoms with Gasteiger partial charge in [-0.25, -0.2) is 0 Å². The van der Waals surface area contributed by atoms with E-state index < -0.39 is 0 Å². The smallest absolute Gasteiger partial charge is 0.00828 e. The van der Waals surface area contributed by atoms with Gasteiger partial charge in [0.15, 0.2) is 0 Å². The zero-order valence-electron chi connectivity index (χ0n) is 10.9. The number of fused-ring (bicyclic) bond motifs is 1. The summed E-state index contributed by atoms with van der Waals surface area (Å²) in [6.07, 6.45) is 4.83. The molecule has 0 saturated carbocycles. The summed E-state index contributed by atoms with van der Waals surface area (Å²) < 4.78 is 0. The fourth-order valence-electron chi connectivity index (χ4n) is 3.20. The van der Waals surface area contributed by atoms with Gasteiger partial charge in [-0.1, -0.05) is 43.3 Å². The molecule has 2 aromatic carbocycles. The van der Waals surface area contributed by atoms with Crippen LogP contribution in [0.15, 0.2) is 42.5 Å². The van der Waals surface area contributed by atoms with Gasteiger partial charge in [0.2, 0.25) is 0 Å². The van der Waals surface area contributed by atoms with Crippen LogP contribution < -0.4 is 0 Å². The fraction of sp³-hybridized carbons (Fsp3) is 0.333. The summed E-state index contributed by atoms with van der Waals surface area (Å²) in [6.45, 7) is 2.32. The Bertz CT molecular complexity index is 500. The molecule has 2 aromatic rings. The van der Waals surface area contributed by atoms with Gasteiger partial charge in [0.25, 0.3) is 0 Å². The Morgan fingerprint density at radius 1 is 1.06 bits per heavy atom. The third-order valence-electron chi connectivity index (χ3n) is 4.30. The Hall–Kier alpha value is -1.74. The van der Waals surface area contributed by atoms with E-state index >= 15 is 0 Å². The van der Waals surface area contributed by atoms with E-state index in [1.165, 1.54) is 24.8 Å². The molecule has 0 N–H and O–H groups in total. The first kappa shape index (κ1) is 11.4. The number of rotatable bonds is 3. The molecule has 0 spiro atoms. The lowest BCUT2D eigenvalue weighted by Crippen LogP contribution is -2.23. The molecule has 0 saturated heterocycles. The summed E-state index contributed by atoms with van der Waals surface area (Å²) in [5.41, 5.74) is 4.90. The molecule has 1 aliphatic rings. The molecule has 0 aromatic heterocycles. The van der Waals surface area contributed by atoms with Crippen molar-refractivity contribution in [2.24, 2.45) is 5.41 Å². The van der Waals surface area contributed by atoms with Gasteiger partial charge in [-0.3, -0.25) is 0 Å². The molecule has 1 aliphatic carbocycles. The monoisotopic (exact) mass is 234 g/mol. The second-order valence-corrected chi connectivity index (χ2v) is 5.49. The highest BCUT2D eigenvalue weighted by atomic mass is 14.4. The second kappa shape index (κ2) is 4.50. The van der Waals surface area contributed by atoms with Gasteiger partial charge in [-0.05, 0) is 66.0 Å². The van der Waals surface area contributed by atoms with E-state index in [9.17, 15) is 0 Å². The first-order valence-electron chi connectivity index (χ1n) is 6.75. The van der Waals surface area contributed by atoms with Crippen LogP contribution in [-0.4, -0.2) is 0 Å². The van der Waals surface area contributed by atoms with Crippen LogP contribution in [0.1, 0.15) is 30.0 Å². The van der Waals surface area contributed by atoms with Crippen LogP contribution in [-0.2, 0) is 19.3 Å². The molecule has 0 radical (unpaired) electrons. The Balaban J connectivity index is 1.86. The lowest BCUT2D eigenvalue weighted by molar-refractivity contribution is 0.290. The first-order valence-corrected chi connectivity index (χ1v) is 6.75. The molecule has 0 fully saturated rings. The van der Waals surface area contributed by atoms with E-state index in [2.05, 4.69) is 55.5 Å².